The van der Waals surface area contributed by atoms with Crippen LogP contribution in [0.3, 0.4) is 0 Å². The van der Waals surface area contributed by atoms with Gasteiger partial charge in [-0.1, -0.05) is 30.3 Å². The maximum absolute atomic E-state index is 10.5. The number of hydrogen-bond acceptors (Lipinski definition) is 2. The van der Waals surface area contributed by atoms with Crippen molar-refractivity contribution >= 4 is 6.29 Å². The first-order chi connectivity index (χ1) is 7.29. The van der Waals surface area contributed by atoms with Gasteiger partial charge in [0.05, 0.1) is 6.54 Å². The smallest absolute Gasteiger partial charge is 0.170 e. The summed E-state index contributed by atoms with van der Waals surface area (Å²) in [4.78, 5) is 10.5. The van der Waals surface area contributed by atoms with Gasteiger partial charge in [-0.3, -0.25) is 9.48 Å². The lowest BCUT2D eigenvalue weighted by Crippen LogP contribution is -2.03. The minimum atomic E-state index is 0.489. The highest BCUT2D eigenvalue weighted by Crippen LogP contribution is 2.06. The number of rotatable bonds is 3. The average Bonchev–Trinajstić information content (AvgIpc) is 2.61. The summed E-state index contributed by atoms with van der Waals surface area (Å²) in [6, 6.07) is 11.8. The topological polar surface area (TPSA) is 34.9 Å². The van der Waals surface area contributed by atoms with E-state index < -0.39 is 0 Å². The molecule has 0 bridgehead atoms. The zero-order valence-electron chi connectivity index (χ0n) is 8.55. The molecular formula is C12H12N2O. The van der Waals surface area contributed by atoms with E-state index in [0.717, 1.165) is 12.0 Å². The fourth-order valence-corrected chi connectivity index (χ4v) is 1.51. The molecular weight excluding hydrogens is 188 g/mol. The average molecular weight is 200 g/mol. The van der Waals surface area contributed by atoms with Gasteiger partial charge in [-0.05, 0) is 18.6 Å². The summed E-state index contributed by atoms with van der Waals surface area (Å²) in [5.41, 5.74) is 2.67. The quantitative estimate of drug-likeness (QED) is 0.711. The summed E-state index contributed by atoms with van der Waals surface area (Å²) in [5.74, 6) is 0. The molecule has 2 rings (SSSR count). The minimum absolute atomic E-state index is 0.489. The second-order valence-corrected chi connectivity index (χ2v) is 3.47. The van der Waals surface area contributed by atoms with Crippen LogP contribution in [0.5, 0.6) is 0 Å². The molecule has 0 fully saturated rings. The largest absolute Gasteiger partial charge is 0.296 e. The maximum Gasteiger partial charge on any atom is 0.170 e. The molecule has 0 amide bonds. The van der Waals surface area contributed by atoms with E-state index in [1.807, 2.05) is 41.9 Å². The molecule has 2 aromatic rings. The third-order valence-corrected chi connectivity index (χ3v) is 2.30. The standard InChI is InChI=1S/C12H12N2O/c1-10-7-12(9-15)13-14(10)8-11-5-3-2-4-6-11/h2-7,9H,8H2,1H3. The van der Waals surface area contributed by atoms with Gasteiger partial charge in [0.15, 0.2) is 6.29 Å². The van der Waals surface area contributed by atoms with Crippen LogP contribution in [0.15, 0.2) is 36.4 Å². The Labute approximate surface area is 88.4 Å². The summed E-state index contributed by atoms with van der Waals surface area (Å²) in [6.07, 6.45) is 0.772. The predicted molar refractivity (Wildman–Crippen MR) is 57.9 cm³/mol. The van der Waals surface area contributed by atoms with Crippen molar-refractivity contribution in [1.29, 1.82) is 0 Å². The van der Waals surface area contributed by atoms with E-state index in [2.05, 4.69) is 5.10 Å². The van der Waals surface area contributed by atoms with Gasteiger partial charge in [-0.2, -0.15) is 5.10 Å². The Morgan fingerprint density at radius 2 is 2.07 bits per heavy atom. The van der Waals surface area contributed by atoms with Gasteiger partial charge in [-0.15, -0.1) is 0 Å². The van der Waals surface area contributed by atoms with Crippen molar-refractivity contribution in [2.75, 3.05) is 0 Å². The molecule has 3 heteroatoms. The number of benzene rings is 1. The van der Waals surface area contributed by atoms with Crippen LogP contribution in [-0.2, 0) is 6.54 Å². The highest BCUT2D eigenvalue weighted by atomic mass is 16.1. The highest BCUT2D eigenvalue weighted by Gasteiger charge is 2.03. The number of hydrogen-bond donors (Lipinski definition) is 0. The van der Waals surface area contributed by atoms with Gasteiger partial charge in [0, 0.05) is 5.69 Å². The Morgan fingerprint density at radius 1 is 1.33 bits per heavy atom. The Bertz CT molecular complexity index is 460. The molecule has 0 aliphatic carbocycles. The van der Waals surface area contributed by atoms with E-state index >= 15 is 0 Å². The van der Waals surface area contributed by atoms with Crippen LogP contribution in [0.4, 0.5) is 0 Å². The van der Waals surface area contributed by atoms with Gasteiger partial charge < -0.3 is 0 Å². The molecule has 0 unspecified atom stereocenters. The normalized spacial score (nSPS) is 10.2. The van der Waals surface area contributed by atoms with Crippen LogP contribution in [0.25, 0.3) is 0 Å². The molecule has 0 aliphatic heterocycles. The van der Waals surface area contributed by atoms with E-state index in [9.17, 15) is 4.79 Å². The zero-order chi connectivity index (χ0) is 10.7. The van der Waals surface area contributed by atoms with E-state index in [-0.39, 0.29) is 0 Å². The molecule has 1 heterocycles. The zero-order valence-corrected chi connectivity index (χ0v) is 8.55. The second kappa shape index (κ2) is 4.09. The van der Waals surface area contributed by atoms with E-state index in [1.165, 1.54) is 5.56 Å². The van der Waals surface area contributed by atoms with Crippen molar-refractivity contribution in [3.8, 4) is 0 Å². The molecule has 1 aromatic heterocycles. The molecule has 76 valence electrons. The monoisotopic (exact) mass is 200 g/mol. The van der Waals surface area contributed by atoms with Gasteiger partial charge in [-0.25, -0.2) is 0 Å². The molecule has 3 nitrogen and oxygen atoms in total. The van der Waals surface area contributed by atoms with Crippen molar-refractivity contribution < 1.29 is 4.79 Å². The lowest BCUT2D eigenvalue weighted by molar-refractivity contribution is 0.111. The molecule has 0 spiro atoms. The molecule has 0 saturated heterocycles. The summed E-state index contributed by atoms with van der Waals surface area (Å²) >= 11 is 0. The van der Waals surface area contributed by atoms with Gasteiger partial charge >= 0.3 is 0 Å². The van der Waals surface area contributed by atoms with Gasteiger partial charge in [0.1, 0.15) is 5.69 Å². The van der Waals surface area contributed by atoms with Crippen LogP contribution in [0.1, 0.15) is 21.7 Å². The Morgan fingerprint density at radius 3 is 2.67 bits per heavy atom. The third kappa shape index (κ3) is 2.13. The van der Waals surface area contributed by atoms with Crippen LogP contribution < -0.4 is 0 Å². The Kier molecular flexibility index (Phi) is 2.63. The maximum atomic E-state index is 10.5. The predicted octanol–water partition coefficient (Wildman–Crippen LogP) is 2.05. The number of aromatic nitrogens is 2. The molecule has 1 aromatic carbocycles. The molecule has 0 N–H and O–H groups in total. The van der Waals surface area contributed by atoms with Crippen LogP contribution in [0, 0.1) is 6.92 Å². The fraction of sp³-hybridized carbons (Fsp3) is 0.167. The molecule has 0 radical (unpaired) electrons. The lowest BCUT2D eigenvalue weighted by Gasteiger charge is -2.03. The fourth-order valence-electron chi connectivity index (χ4n) is 1.51. The number of nitrogens with zero attached hydrogens (tertiary/aromatic N) is 2. The first-order valence-electron chi connectivity index (χ1n) is 4.83. The van der Waals surface area contributed by atoms with Crippen LogP contribution in [0.2, 0.25) is 0 Å². The van der Waals surface area contributed by atoms with Gasteiger partial charge in [0.25, 0.3) is 0 Å². The van der Waals surface area contributed by atoms with Gasteiger partial charge in [0.2, 0.25) is 0 Å². The third-order valence-electron chi connectivity index (χ3n) is 2.30. The van der Waals surface area contributed by atoms with Crippen LogP contribution >= 0.6 is 0 Å². The summed E-state index contributed by atoms with van der Waals surface area (Å²) in [7, 11) is 0. The summed E-state index contributed by atoms with van der Waals surface area (Å²) in [6.45, 7) is 2.66. The van der Waals surface area contributed by atoms with Crippen molar-refractivity contribution in [3.05, 3.63) is 53.3 Å². The second-order valence-electron chi connectivity index (χ2n) is 3.47. The first kappa shape index (κ1) is 9.65. The van der Waals surface area contributed by atoms with E-state index in [0.29, 0.717) is 12.2 Å². The number of carbonyl (C=O) groups excluding carboxylic acids is 1. The number of aldehydes is 1. The molecule has 0 aliphatic rings. The number of aryl methyl sites for hydroxylation is 1. The van der Waals surface area contributed by atoms with E-state index in [1.54, 1.807) is 6.07 Å². The molecule has 0 saturated carbocycles. The summed E-state index contributed by atoms with van der Waals surface area (Å²) < 4.78 is 1.83. The van der Waals surface area contributed by atoms with Crippen LogP contribution in [-0.4, -0.2) is 16.1 Å². The van der Waals surface area contributed by atoms with Crippen molar-refractivity contribution in [3.63, 3.8) is 0 Å². The minimum Gasteiger partial charge on any atom is -0.296 e. The SMILES string of the molecule is Cc1cc(C=O)nn1Cc1ccccc1. The van der Waals surface area contributed by atoms with Crippen molar-refractivity contribution in [2.24, 2.45) is 0 Å². The Balaban J connectivity index is 2.24. The van der Waals surface area contributed by atoms with Crippen molar-refractivity contribution in [2.45, 2.75) is 13.5 Å². The Hall–Kier alpha value is -1.90. The summed E-state index contributed by atoms with van der Waals surface area (Å²) in [5, 5.41) is 4.17. The number of carbonyl (C=O) groups is 1. The van der Waals surface area contributed by atoms with E-state index in [4.69, 9.17) is 0 Å². The molecule has 0 atom stereocenters. The van der Waals surface area contributed by atoms with Crippen molar-refractivity contribution in [1.82, 2.24) is 9.78 Å². The lowest BCUT2D eigenvalue weighted by atomic mass is 10.2. The first-order valence-corrected chi connectivity index (χ1v) is 4.83. The highest BCUT2D eigenvalue weighted by molar-refractivity contribution is 5.71. The molecule has 15 heavy (non-hydrogen) atoms.